The quantitative estimate of drug-likeness (QED) is 0.385. The van der Waals surface area contributed by atoms with Gasteiger partial charge in [0.25, 0.3) is 0 Å². The number of aromatic nitrogens is 1. The zero-order chi connectivity index (χ0) is 8.48. The molecule has 7 heteroatoms. The zero-order valence-corrected chi connectivity index (χ0v) is 7.23. The number of hydrogen-bond donors (Lipinski definition) is 3. The number of pyridine rings is 1. The molecule has 0 spiro atoms. The Morgan fingerprint density at radius 1 is 1.25 bits per heavy atom. The Morgan fingerprint density at radius 2 is 1.83 bits per heavy atom. The Kier molecular flexibility index (Phi) is 4.28. The van der Waals surface area contributed by atoms with Crippen LogP contribution in [0.5, 0.6) is 0 Å². The molecule has 0 bridgehead atoms. The fraction of sp³-hybridized carbons (Fsp3) is 0. The summed E-state index contributed by atoms with van der Waals surface area (Å²) in [6, 6.07) is 2.64. The summed E-state index contributed by atoms with van der Waals surface area (Å²) >= 11 is 5.46. The van der Waals surface area contributed by atoms with Crippen molar-refractivity contribution in [3.05, 3.63) is 23.4 Å². The molecule has 1 aromatic rings. The summed E-state index contributed by atoms with van der Waals surface area (Å²) in [5.41, 5.74) is -0.200. The van der Waals surface area contributed by atoms with Crippen LogP contribution in [0, 0.1) is 0 Å². The van der Waals surface area contributed by atoms with E-state index in [1.807, 2.05) is 0 Å². The van der Waals surface area contributed by atoms with Gasteiger partial charge < -0.3 is 15.1 Å². The third kappa shape index (κ3) is 3.15. The minimum Gasteiger partial charge on any atom is -0.555 e. The molecule has 0 amide bonds. The average Bonchev–Trinajstić information content (AvgIpc) is 1.86. The third-order valence-corrected chi connectivity index (χ3v) is 1.37. The molecule has 1 aromatic heterocycles. The first-order valence-electron chi connectivity index (χ1n) is 2.93. The fourth-order valence-electron chi connectivity index (χ4n) is 0.616. The van der Waals surface area contributed by atoms with Gasteiger partial charge in [0, 0.05) is 6.20 Å². The van der Waals surface area contributed by atoms with Gasteiger partial charge in [-0.25, -0.2) is 0 Å². The van der Waals surface area contributed by atoms with Crippen LogP contribution in [0.4, 0.5) is 0 Å². The van der Waals surface area contributed by atoms with Crippen molar-refractivity contribution < 1.29 is 33.9 Å². The largest absolute Gasteiger partial charge is 1.00 e. The Morgan fingerprint density at radius 3 is 2.17 bits per heavy atom. The summed E-state index contributed by atoms with van der Waals surface area (Å²) < 4.78 is 0. The van der Waals surface area contributed by atoms with E-state index in [-0.39, 0.29) is 24.5 Å². The van der Waals surface area contributed by atoms with Crippen molar-refractivity contribution >= 4 is 23.9 Å². The smallest absolute Gasteiger partial charge is 0.555 e. The van der Waals surface area contributed by atoms with E-state index in [1.54, 1.807) is 0 Å². The normalized spacial score (nSPS) is 10.7. The van der Waals surface area contributed by atoms with Gasteiger partial charge in [0.1, 0.15) is 0 Å². The van der Waals surface area contributed by atoms with Crippen LogP contribution in [-0.4, -0.2) is 26.8 Å². The van der Waals surface area contributed by atoms with E-state index >= 15 is 0 Å². The molecule has 60 valence electrons. The van der Waals surface area contributed by atoms with Gasteiger partial charge >= 0.3 is 25.6 Å². The maximum Gasteiger partial charge on any atom is 1.00 e. The van der Waals surface area contributed by atoms with Crippen molar-refractivity contribution in [1.29, 1.82) is 0 Å². The van der Waals surface area contributed by atoms with Gasteiger partial charge in [-0.3, -0.25) is 4.98 Å². The van der Waals surface area contributed by atoms with Crippen LogP contribution in [-0.2, 0) is 0 Å². The summed E-state index contributed by atoms with van der Waals surface area (Å²) in [6.07, 6.45) is 1.22. The topological polar surface area (TPSA) is 73.6 Å². The van der Waals surface area contributed by atoms with Crippen molar-refractivity contribution in [1.82, 2.24) is 4.98 Å². The maximum absolute atomic E-state index is 8.65. The fourth-order valence-corrected chi connectivity index (χ4v) is 0.728. The Labute approximate surface area is 86.4 Å². The van der Waals surface area contributed by atoms with Crippen molar-refractivity contribution in [3.63, 3.8) is 0 Å². The molecule has 0 fully saturated rings. The Hall–Kier alpha value is -0.0177. The number of hydrogen-bond acceptors (Lipinski definition) is 4. The summed E-state index contributed by atoms with van der Waals surface area (Å²) in [6.45, 7) is -3.49. The average molecular weight is 181 g/mol. The van der Waals surface area contributed by atoms with Crippen LogP contribution in [0.25, 0.3) is 0 Å². The summed E-state index contributed by atoms with van der Waals surface area (Å²) in [4.78, 5) is 3.50. The van der Waals surface area contributed by atoms with E-state index in [2.05, 4.69) is 4.98 Å². The molecule has 4 nitrogen and oxygen atoms in total. The van der Waals surface area contributed by atoms with E-state index < -0.39 is 6.75 Å². The van der Waals surface area contributed by atoms with Crippen LogP contribution in [0.15, 0.2) is 18.3 Å². The Balaban J connectivity index is 0.00000121. The van der Waals surface area contributed by atoms with Crippen LogP contribution >= 0.6 is 11.6 Å². The SMILES string of the molecule is O[B-](O)(O)c1ccc(Cl)cn1.[Li+]. The van der Waals surface area contributed by atoms with Crippen LogP contribution < -0.4 is 24.5 Å². The molecule has 1 rings (SSSR count). The summed E-state index contributed by atoms with van der Waals surface area (Å²) in [5, 5.41) is 26.3. The molecule has 0 saturated carbocycles. The van der Waals surface area contributed by atoms with Gasteiger partial charge in [-0.1, -0.05) is 17.7 Å². The van der Waals surface area contributed by atoms with E-state index in [9.17, 15) is 0 Å². The first-order chi connectivity index (χ1) is 5.00. The zero-order valence-electron chi connectivity index (χ0n) is 6.48. The Bertz CT molecular complexity index is 250. The first kappa shape index (κ1) is 12.0. The van der Waals surface area contributed by atoms with Gasteiger partial charge in [0.15, 0.2) is 0 Å². The van der Waals surface area contributed by atoms with E-state index in [4.69, 9.17) is 26.7 Å². The molecule has 12 heavy (non-hydrogen) atoms. The van der Waals surface area contributed by atoms with Gasteiger partial charge in [-0.2, -0.15) is 0 Å². The predicted molar refractivity (Wildman–Crippen MR) is 41.3 cm³/mol. The second-order valence-electron chi connectivity index (χ2n) is 2.13. The van der Waals surface area contributed by atoms with Crippen molar-refractivity contribution in [2.75, 3.05) is 0 Å². The van der Waals surface area contributed by atoms with E-state index in [1.165, 1.54) is 18.3 Å². The van der Waals surface area contributed by atoms with Crippen molar-refractivity contribution in [2.24, 2.45) is 0 Å². The van der Waals surface area contributed by atoms with E-state index in [0.29, 0.717) is 5.02 Å². The third-order valence-electron chi connectivity index (χ3n) is 1.15. The monoisotopic (exact) mass is 181 g/mol. The van der Waals surface area contributed by atoms with Gasteiger partial charge in [-0.15, -0.1) is 0 Å². The van der Waals surface area contributed by atoms with Crippen molar-refractivity contribution in [3.8, 4) is 0 Å². The second-order valence-corrected chi connectivity index (χ2v) is 2.57. The molecule has 0 atom stereocenters. The second kappa shape index (κ2) is 4.28. The molecule has 0 aliphatic rings. The molecular formula is C5H6BClLiNO3. The van der Waals surface area contributed by atoms with E-state index in [0.717, 1.165) is 0 Å². The standard InChI is InChI=1S/C5H6BClNO3.Li/c7-4-1-2-5(8-3-4)6(9,10)11;/h1-3,9-11H;/q-1;+1. The minimum atomic E-state index is -3.49. The van der Waals surface area contributed by atoms with Gasteiger partial charge in [0.05, 0.1) is 5.02 Å². The summed E-state index contributed by atoms with van der Waals surface area (Å²) in [7, 11) is 0. The number of rotatable bonds is 1. The predicted octanol–water partition coefficient (Wildman–Crippen LogP) is -4.14. The summed E-state index contributed by atoms with van der Waals surface area (Å²) in [5.74, 6) is 0. The maximum atomic E-state index is 8.65. The van der Waals surface area contributed by atoms with Crippen LogP contribution in [0.2, 0.25) is 5.02 Å². The van der Waals surface area contributed by atoms with Gasteiger partial charge in [0.2, 0.25) is 0 Å². The molecule has 0 unspecified atom stereocenters. The molecule has 0 saturated heterocycles. The molecule has 3 N–H and O–H groups in total. The number of nitrogens with zero attached hydrogens (tertiary/aromatic N) is 1. The molecule has 0 radical (unpaired) electrons. The number of halogens is 1. The molecular weight excluding hydrogens is 175 g/mol. The first-order valence-corrected chi connectivity index (χ1v) is 3.31. The van der Waals surface area contributed by atoms with Crippen molar-refractivity contribution in [2.45, 2.75) is 0 Å². The van der Waals surface area contributed by atoms with Crippen LogP contribution in [0.1, 0.15) is 0 Å². The molecule has 1 heterocycles. The minimum absolute atomic E-state index is 0. The molecule has 0 aliphatic heterocycles. The van der Waals surface area contributed by atoms with Gasteiger partial charge in [-0.05, 0) is 11.7 Å². The molecule has 0 aliphatic carbocycles. The molecule has 0 aromatic carbocycles. The van der Waals surface area contributed by atoms with Crippen LogP contribution in [0.3, 0.4) is 0 Å².